The topological polar surface area (TPSA) is 60.4 Å². The Morgan fingerprint density at radius 2 is 2.18 bits per heavy atom. The lowest BCUT2D eigenvalue weighted by Crippen LogP contribution is -2.14. The minimum absolute atomic E-state index is 0.0452. The second-order valence-corrected chi connectivity index (χ2v) is 4.16. The summed E-state index contributed by atoms with van der Waals surface area (Å²) in [5.74, 6) is -0.464. The number of allylic oxidation sites excluding steroid dienone is 3. The van der Waals surface area contributed by atoms with Crippen LogP contribution in [-0.4, -0.2) is 24.6 Å². The molecule has 0 bridgehead atoms. The molecule has 0 saturated heterocycles. The Morgan fingerprint density at radius 1 is 1.41 bits per heavy atom. The highest BCUT2D eigenvalue weighted by atomic mass is 16.5. The Labute approximate surface area is 100 Å². The van der Waals surface area contributed by atoms with Crippen molar-refractivity contribution in [2.45, 2.75) is 19.8 Å². The van der Waals surface area contributed by atoms with E-state index in [0.29, 0.717) is 12.9 Å². The maximum Gasteiger partial charge on any atom is 0.293 e. The summed E-state index contributed by atoms with van der Waals surface area (Å²) in [7, 11) is 0. The predicted octanol–water partition coefficient (Wildman–Crippen LogP) is 1.46. The Hall–Kier alpha value is -1.71. The molecule has 0 spiro atoms. The smallest absolute Gasteiger partial charge is 0.293 e. The number of ether oxygens (including phenoxy) is 1. The molecule has 0 aromatic carbocycles. The zero-order valence-electron chi connectivity index (χ0n) is 9.80. The molecule has 0 aliphatic heterocycles. The Balaban J connectivity index is 2.74. The van der Waals surface area contributed by atoms with Crippen LogP contribution < -0.4 is 0 Å². The second kappa shape index (κ2) is 6.78. The molecular weight excluding hydrogens is 220 g/mol. The third-order valence-corrected chi connectivity index (χ3v) is 2.65. The fraction of sp³-hybridized carbons (Fsp3) is 0.462. The Kier molecular flexibility index (Phi) is 5.33. The molecule has 0 radical (unpaired) electrons. The van der Waals surface area contributed by atoms with E-state index in [9.17, 15) is 14.4 Å². The van der Waals surface area contributed by atoms with Crippen LogP contribution in [0.15, 0.2) is 24.3 Å². The molecule has 0 amide bonds. The van der Waals surface area contributed by atoms with Gasteiger partial charge in [0.05, 0.1) is 6.61 Å². The molecule has 0 N–H and O–H groups in total. The first kappa shape index (κ1) is 13.4. The van der Waals surface area contributed by atoms with E-state index in [2.05, 4.69) is 4.74 Å². The first-order valence-electron chi connectivity index (χ1n) is 5.60. The lowest BCUT2D eigenvalue weighted by Gasteiger charge is -2.11. The zero-order chi connectivity index (χ0) is 12.7. The fourth-order valence-corrected chi connectivity index (χ4v) is 1.60. The molecule has 4 heteroatoms. The number of rotatable bonds is 3. The summed E-state index contributed by atoms with van der Waals surface area (Å²) in [6, 6.07) is 0. The van der Waals surface area contributed by atoms with Gasteiger partial charge in [0.15, 0.2) is 11.6 Å². The van der Waals surface area contributed by atoms with Crippen LogP contribution >= 0.6 is 0 Å². The number of carbonyl (C=O) groups excluding carboxylic acids is 3. The minimum atomic E-state index is -0.297. The van der Waals surface area contributed by atoms with Crippen LogP contribution in [0, 0.1) is 11.8 Å². The van der Waals surface area contributed by atoms with Crippen LogP contribution in [-0.2, 0) is 19.1 Å². The molecule has 2 atom stereocenters. The Bertz CT molecular complexity index is 354. The highest BCUT2D eigenvalue weighted by Crippen LogP contribution is 2.13. The van der Waals surface area contributed by atoms with E-state index in [-0.39, 0.29) is 36.4 Å². The van der Waals surface area contributed by atoms with Crippen molar-refractivity contribution in [1.82, 2.24) is 0 Å². The largest absolute Gasteiger partial charge is 0.467 e. The summed E-state index contributed by atoms with van der Waals surface area (Å²) >= 11 is 0. The van der Waals surface area contributed by atoms with Gasteiger partial charge in [-0.25, -0.2) is 0 Å². The number of hydrogen-bond donors (Lipinski definition) is 0. The lowest BCUT2D eigenvalue weighted by molar-refractivity contribution is -0.129. The van der Waals surface area contributed by atoms with Crippen LogP contribution in [0.2, 0.25) is 0 Å². The van der Waals surface area contributed by atoms with E-state index in [4.69, 9.17) is 0 Å². The van der Waals surface area contributed by atoms with Crippen molar-refractivity contribution in [2.24, 2.45) is 11.8 Å². The normalized spacial score (nSPS) is 29.5. The molecule has 1 aliphatic rings. The SMILES string of the molecule is CC1CC(=O)/C=C/CC(COC=O)/C=C/C1=O. The van der Waals surface area contributed by atoms with E-state index < -0.39 is 0 Å². The van der Waals surface area contributed by atoms with Crippen LogP contribution in [0.3, 0.4) is 0 Å². The first-order valence-corrected chi connectivity index (χ1v) is 5.60. The summed E-state index contributed by atoms with van der Waals surface area (Å²) in [5.41, 5.74) is 0. The van der Waals surface area contributed by atoms with E-state index in [1.54, 1.807) is 19.1 Å². The van der Waals surface area contributed by atoms with Crippen LogP contribution in [0.1, 0.15) is 19.8 Å². The molecule has 1 aliphatic carbocycles. The number of hydrogen-bond acceptors (Lipinski definition) is 4. The molecule has 0 heterocycles. The van der Waals surface area contributed by atoms with Gasteiger partial charge in [-0.3, -0.25) is 14.4 Å². The summed E-state index contributed by atoms with van der Waals surface area (Å²) in [6.45, 7) is 2.34. The van der Waals surface area contributed by atoms with Gasteiger partial charge in [0.2, 0.25) is 0 Å². The van der Waals surface area contributed by atoms with Gasteiger partial charge in [0.1, 0.15) is 0 Å². The zero-order valence-corrected chi connectivity index (χ0v) is 9.80. The van der Waals surface area contributed by atoms with Gasteiger partial charge in [0.25, 0.3) is 6.47 Å². The molecule has 0 fully saturated rings. The molecule has 1 rings (SSSR count). The van der Waals surface area contributed by atoms with E-state index in [1.165, 1.54) is 12.2 Å². The van der Waals surface area contributed by atoms with Crippen molar-refractivity contribution in [1.29, 1.82) is 0 Å². The quantitative estimate of drug-likeness (QED) is 0.696. The van der Waals surface area contributed by atoms with Gasteiger partial charge < -0.3 is 4.74 Å². The summed E-state index contributed by atoms with van der Waals surface area (Å²) in [4.78, 5) is 33.2. The van der Waals surface area contributed by atoms with E-state index >= 15 is 0 Å². The van der Waals surface area contributed by atoms with Gasteiger partial charge in [0, 0.05) is 18.3 Å². The molecule has 0 saturated carbocycles. The van der Waals surface area contributed by atoms with Gasteiger partial charge >= 0.3 is 0 Å². The van der Waals surface area contributed by atoms with Gasteiger partial charge in [-0.2, -0.15) is 0 Å². The van der Waals surface area contributed by atoms with E-state index in [1.807, 2.05) is 0 Å². The van der Waals surface area contributed by atoms with Crippen molar-refractivity contribution in [3.05, 3.63) is 24.3 Å². The average molecular weight is 236 g/mol. The summed E-state index contributed by atoms with van der Waals surface area (Å²) < 4.78 is 4.67. The van der Waals surface area contributed by atoms with Crippen LogP contribution in [0.5, 0.6) is 0 Å². The minimum Gasteiger partial charge on any atom is -0.467 e. The molecule has 0 aromatic heterocycles. The van der Waals surface area contributed by atoms with Crippen molar-refractivity contribution >= 4 is 18.0 Å². The van der Waals surface area contributed by atoms with Crippen molar-refractivity contribution in [3.63, 3.8) is 0 Å². The molecule has 92 valence electrons. The first-order chi connectivity index (χ1) is 8.13. The molecule has 2 unspecified atom stereocenters. The lowest BCUT2D eigenvalue weighted by atomic mass is 9.95. The summed E-state index contributed by atoms with van der Waals surface area (Å²) in [6.07, 6.45) is 7.30. The monoisotopic (exact) mass is 236 g/mol. The Morgan fingerprint density at radius 3 is 2.88 bits per heavy atom. The maximum absolute atomic E-state index is 11.6. The average Bonchev–Trinajstić information content (AvgIpc) is 2.30. The predicted molar refractivity (Wildman–Crippen MR) is 62.2 cm³/mol. The summed E-state index contributed by atoms with van der Waals surface area (Å²) in [5, 5.41) is 0. The van der Waals surface area contributed by atoms with Crippen molar-refractivity contribution < 1.29 is 19.1 Å². The van der Waals surface area contributed by atoms with Gasteiger partial charge in [-0.15, -0.1) is 0 Å². The number of carbonyl (C=O) groups is 3. The van der Waals surface area contributed by atoms with Gasteiger partial charge in [-0.05, 0) is 18.6 Å². The third kappa shape index (κ3) is 4.76. The third-order valence-electron chi connectivity index (χ3n) is 2.65. The standard InChI is InChI=1S/C13H16O4/c1-10-7-12(15)4-2-3-11(8-17-9-14)5-6-13(10)16/h2,4-6,9-11H,3,7-8H2,1H3/b4-2+,6-5+. The number of ketones is 2. The van der Waals surface area contributed by atoms with Crippen LogP contribution in [0.25, 0.3) is 0 Å². The molecule has 4 nitrogen and oxygen atoms in total. The highest BCUT2D eigenvalue weighted by Gasteiger charge is 2.15. The van der Waals surface area contributed by atoms with Crippen molar-refractivity contribution in [3.8, 4) is 0 Å². The molecule has 17 heavy (non-hydrogen) atoms. The fourth-order valence-electron chi connectivity index (χ4n) is 1.60. The maximum atomic E-state index is 11.6. The van der Waals surface area contributed by atoms with E-state index in [0.717, 1.165) is 0 Å². The van der Waals surface area contributed by atoms with Crippen LogP contribution in [0.4, 0.5) is 0 Å². The molecular formula is C13H16O4. The molecule has 0 aromatic rings. The van der Waals surface area contributed by atoms with Crippen molar-refractivity contribution in [2.75, 3.05) is 6.61 Å². The van der Waals surface area contributed by atoms with Gasteiger partial charge in [-0.1, -0.05) is 19.1 Å². The highest BCUT2D eigenvalue weighted by molar-refractivity contribution is 5.97. The second-order valence-electron chi connectivity index (χ2n) is 4.16.